The predicted molar refractivity (Wildman–Crippen MR) is 86.4 cm³/mol. The number of nitrogen functional groups attached to an aromatic ring is 1. The highest BCUT2D eigenvalue weighted by molar-refractivity contribution is 9.10. The number of nitrogens with one attached hydrogen (secondary N) is 1. The predicted octanol–water partition coefficient (Wildman–Crippen LogP) is 3.00. The Morgan fingerprint density at radius 1 is 1.40 bits per heavy atom. The molecule has 0 amide bonds. The first kappa shape index (κ1) is 15.5. The van der Waals surface area contributed by atoms with E-state index < -0.39 is 10.0 Å². The molecule has 108 valence electrons. The van der Waals surface area contributed by atoms with Crippen molar-refractivity contribution >= 4 is 43.0 Å². The summed E-state index contributed by atoms with van der Waals surface area (Å²) in [6, 6.07) is 6.58. The summed E-state index contributed by atoms with van der Waals surface area (Å²) in [6.07, 6.45) is 0.649. The second-order valence-corrected chi connectivity index (χ2v) is 7.92. The van der Waals surface area contributed by atoms with Crippen LogP contribution in [-0.4, -0.2) is 14.5 Å². The molecule has 1 aromatic carbocycles. The fourth-order valence-electron chi connectivity index (χ4n) is 1.87. The topological polar surface area (TPSA) is 72.2 Å². The van der Waals surface area contributed by atoms with Crippen molar-refractivity contribution in [3.05, 3.63) is 45.1 Å². The van der Waals surface area contributed by atoms with Crippen LogP contribution in [0.15, 0.2) is 44.4 Å². The summed E-state index contributed by atoms with van der Waals surface area (Å²) >= 11 is 4.85. The van der Waals surface area contributed by atoms with E-state index in [0.717, 1.165) is 5.56 Å². The molecule has 7 heteroatoms. The van der Waals surface area contributed by atoms with Crippen LogP contribution in [0.4, 0.5) is 5.69 Å². The molecule has 0 saturated carbocycles. The van der Waals surface area contributed by atoms with Crippen LogP contribution in [0, 0.1) is 0 Å². The van der Waals surface area contributed by atoms with Crippen LogP contribution in [0.1, 0.15) is 12.5 Å². The second kappa shape index (κ2) is 6.26. The van der Waals surface area contributed by atoms with Crippen molar-refractivity contribution in [2.75, 3.05) is 5.73 Å². The zero-order chi connectivity index (χ0) is 14.8. The molecule has 2 aromatic rings. The average Bonchev–Trinajstić information content (AvgIpc) is 2.84. The quantitative estimate of drug-likeness (QED) is 0.790. The van der Waals surface area contributed by atoms with Crippen molar-refractivity contribution in [1.29, 1.82) is 0 Å². The van der Waals surface area contributed by atoms with Gasteiger partial charge in [0.1, 0.15) is 4.90 Å². The van der Waals surface area contributed by atoms with E-state index >= 15 is 0 Å². The van der Waals surface area contributed by atoms with Gasteiger partial charge < -0.3 is 5.73 Å². The van der Waals surface area contributed by atoms with Crippen molar-refractivity contribution in [2.45, 2.75) is 24.3 Å². The van der Waals surface area contributed by atoms with Gasteiger partial charge in [-0.25, -0.2) is 13.1 Å². The molecule has 1 heterocycles. The Morgan fingerprint density at radius 2 is 2.15 bits per heavy atom. The highest BCUT2D eigenvalue weighted by Gasteiger charge is 2.20. The number of halogens is 1. The molecule has 0 aliphatic carbocycles. The van der Waals surface area contributed by atoms with Crippen molar-refractivity contribution in [1.82, 2.24) is 4.72 Å². The standard InChI is InChI=1S/C13H15BrN2O2S2/c1-9(6-10-4-5-19-8-10)16-20(17,18)13-7-11(14)2-3-12(13)15/h2-5,7-9,16H,6,15H2,1H3. The molecule has 0 bridgehead atoms. The van der Waals surface area contributed by atoms with Crippen LogP contribution in [-0.2, 0) is 16.4 Å². The van der Waals surface area contributed by atoms with Gasteiger partial charge in [0.2, 0.25) is 10.0 Å². The molecule has 0 aliphatic rings. The van der Waals surface area contributed by atoms with Gasteiger partial charge in [-0.2, -0.15) is 11.3 Å². The van der Waals surface area contributed by atoms with E-state index in [1.54, 1.807) is 23.5 Å². The molecular formula is C13H15BrN2O2S2. The van der Waals surface area contributed by atoms with E-state index in [2.05, 4.69) is 20.7 Å². The van der Waals surface area contributed by atoms with Crippen LogP contribution in [0.2, 0.25) is 0 Å². The minimum atomic E-state index is -3.62. The van der Waals surface area contributed by atoms with Gasteiger partial charge >= 0.3 is 0 Å². The van der Waals surface area contributed by atoms with Crippen LogP contribution in [0.25, 0.3) is 0 Å². The maximum absolute atomic E-state index is 12.3. The largest absolute Gasteiger partial charge is 0.398 e. The van der Waals surface area contributed by atoms with Gasteiger partial charge in [-0.05, 0) is 53.9 Å². The molecule has 3 N–H and O–H groups in total. The summed E-state index contributed by atoms with van der Waals surface area (Å²) in [4.78, 5) is 0.101. The van der Waals surface area contributed by atoms with Crippen LogP contribution < -0.4 is 10.5 Å². The zero-order valence-electron chi connectivity index (χ0n) is 10.8. The first-order chi connectivity index (χ1) is 9.38. The SMILES string of the molecule is CC(Cc1ccsc1)NS(=O)(=O)c1cc(Br)ccc1N. The molecule has 0 fully saturated rings. The third kappa shape index (κ3) is 3.82. The number of rotatable bonds is 5. The lowest BCUT2D eigenvalue weighted by atomic mass is 10.1. The fraction of sp³-hybridized carbons (Fsp3) is 0.231. The number of thiophene rings is 1. The molecule has 0 saturated heterocycles. The Bertz CT molecular complexity index is 684. The fourth-order valence-corrected chi connectivity index (χ4v) is 4.47. The lowest BCUT2D eigenvalue weighted by Crippen LogP contribution is -2.34. The highest BCUT2D eigenvalue weighted by atomic mass is 79.9. The highest BCUT2D eigenvalue weighted by Crippen LogP contribution is 2.23. The first-order valence-corrected chi connectivity index (χ1v) is 9.19. The molecular weight excluding hydrogens is 360 g/mol. The summed E-state index contributed by atoms with van der Waals surface area (Å²) < 4.78 is 28.0. The Hall–Kier alpha value is -0.890. The summed E-state index contributed by atoms with van der Waals surface area (Å²) in [7, 11) is -3.62. The second-order valence-electron chi connectivity index (χ2n) is 4.54. The molecule has 0 aliphatic heterocycles. The maximum Gasteiger partial charge on any atom is 0.242 e. The van der Waals surface area contributed by atoms with Crippen molar-refractivity contribution in [3.63, 3.8) is 0 Å². The van der Waals surface area contributed by atoms with Gasteiger partial charge in [0.25, 0.3) is 0 Å². The Kier molecular flexibility index (Phi) is 4.85. The van der Waals surface area contributed by atoms with Crippen LogP contribution in [0.5, 0.6) is 0 Å². The number of nitrogens with two attached hydrogens (primary N) is 1. The first-order valence-electron chi connectivity index (χ1n) is 5.97. The van der Waals surface area contributed by atoms with Gasteiger partial charge in [-0.15, -0.1) is 0 Å². The monoisotopic (exact) mass is 374 g/mol. The van der Waals surface area contributed by atoms with Crippen molar-refractivity contribution in [3.8, 4) is 0 Å². The minimum Gasteiger partial charge on any atom is -0.398 e. The normalized spacial score (nSPS) is 13.3. The van der Waals surface area contributed by atoms with Crippen molar-refractivity contribution in [2.24, 2.45) is 0 Å². The number of sulfonamides is 1. The van der Waals surface area contributed by atoms with E-state index in [-0.39, 0.29) is 16.6 Å². The number of hydrogen-bond acceptors (Lipinski definition) is 4. The molecule has 0 radical (unpaired) electrons. The maximum atomic E-state index is 12.3. The van der Waals surface area contributed by atoms with Gasteiger partial charge in [0, 0.05) is 10.5 Å². The molecule has 20 heavy (non-hydrogen) atoms. The number of benzene rings is 1. The van der Waals surface area contributed by atoms with Gasteiger partial charge in [-0.3, -0.25) is 0 Å². The molecule has 1 atom stereocenters. The van der Waals surface area contributed by atoms with Crippen LogP contribution in [0.3, 0.4) is 0 Å². The summed E-state index contributed by atoms with van der Waals surface area (Å²) in [5.41, 5.74) is 7.11. The molecule has 1 aromatic heterocycles. The van der Waals surface area contributed by atoms with E-state index in [9.17, 15) is 8.42 Å². The molecule has 4 nitrogen and oxygen atoms in total. The third-order valence-corrected chi connectivity index (χ3v) is 5.61. The minimum absolute atomic E-state index is 0.101. The summed E-state index contributed by atoms with van der Waals surface area (Å²) in [5.74, 6) is 0. The molecule has 1 unspecified atom stereocenters. The lowest BCUT2D eigenvalue weighted by Gasteiger charge is -2.15. The lowest BCUT2D eigenvalue weighted by molar-refractivity contribution is 0.560. The Morgan fingerprint density at radius 3 is 2.80 bits per heavy atom. The van der Waals surface area contributed by atoms with Crippen molar-refractivity contribution < 1.29 is 8.42 Å². The third-order valence-electron chi connectivity index (χ3n) is 2.74. The smallest absolute Gasteiger partial charge is 0.242 e. The van der Waals surface area contributed by atoms with Gasteiger partial charge in [-0.1, -0.05) is 15.9 Å². The van der Waals surface area contributed by atoms with E-state index in [1.165, 1.54) is 6.07 Å². The molecule has 0 spiro atoms. The zero-order valence-corrected chi connectivity index (χ0v) is 14.1. The van der Waals surface area contributed by atoms with E-state index in [1.807, 2.05) is 23.8 Å². The summed E-state index contributed by atoms with van der Waals surface area (Å²) in [6.45, 7) is 1.84. The number of hydrogen-bond donors (Lipinski definition) is 2. The Labute approximate surface area is 131 Å². The summed E-state index contributed by atoms with van der Waals surface area (Å²) in [5, 5.41) is 3.99. The molecule has 2 rings (SSSR count). The van der Waals surface area contributed by atoms with Gasteiger partial charge in [0.15, 0.2) is 0 Å². The Balaban J connectivity index is 2.16. The van der Waals surface area contributed by atoms with Gasteiger partial charge in [0.05, 0.1) is 5.69 Å². The van der Waals surface area contributed by atoms with E-state index in [4.69, 9.17) is 5.73 Å². The number of anilines is 1. The van der Waals surface area contributed by atoms with E-state index in [0.29, 0.717) is 10.9 Å². The average molecular weight is 375 g/mol. The van der Waals surface area contributed by atoms with Crippen LogP contribution >= 0.6 is 27.3 Å².